The summed E-state index contributed by atoms with van der Waals surface area (Å²) < 4.78 is 0. The Balaban J connectivity index is 2.41. The van der Waals surface area contributed by atoms with Crippen molar-refractivity contribution in [3.63, 3.8) is 0 Å². The number of hydrogen-bond donors (Lipinski definition) is 2. The minimum Gasteiger partial charge on any atom is -0.355 e. The summed E-state index contributed by atoms with van der Waals surface area (Å²) in [5.74, 6) is 0.845. The summed E-state index contributed by atoms with van der Waals surface area (Å²) in [7, 11) is 1.81. The van der Waals surface area contributed by atoms with Crippen molar-refractivity contribution in [3.8, 4) is 0 Å². The zero-order valence-electron chi connectivity index (χ0n) is 15.0. The number of nitrogens with one attached hydrogen (secondary N) is 2. The Labute approximate surface area is 139 Å². The Morgan fingerprint density at radius 1 is 1.18 bits per heavy atom. The van der Waals surface area contributed by atoms with Crippen LogP contribution in [0, 0.1) is 13.8 Å². The van der Waals surface area contributed by atoms with Crippen LogP contribution in [0.4, 0.5) is 0 Å². The van der Waals surface area contributed by atoms with Crippen molar-refractivity contribution in [2.45, 2.75) is 60.2 Å². The molecule has 0 radical (unpaired) electrons. The summed E-state index contributed by atoms with van der Waals surface area (Å²) in [6, 6.07) is 1.11. The number of rotatable bonds is 7. The van der Waals surface area contributed by atoms with Gasteiger partial charge in [-0.1, -0.05) is 0 Å². The molecule has 0 amide bonds. The maximum absolute atomic E-state index is 4.45. The van der Waals surface area contributed by atoms with Gasteiger partial charge in [-0.15, -0.1) is 11.3 Å². The molecule has 1 aromatic heterocycles. The van der Waals surface area contributed by atoms with E-state index in [-0.39, 0.29) is 0 Å². The fourth-order valence-corrected chi connectivity index (χ4v) is 3.42. The predicted octanol–water partition coefficient (Wildman–Crippen LogP) is 2.54. The average Bonchev–Trinajstić information content (AvgIpc) is 2.75. The van der Waals surface area contributed by atoms with Gasteiger partial charge in [0.1, 0.15) is 0 Å². The van der Waals surface area contributed by atoms with Gasteiger partial charge in [0, 0.05) is 37.1 Å². The Morgan fingerprint density at radius 2 is 1.82 bits per heavy atom. The average molecular weight is 326 g/mol. The second kappa shape index (κ2) is 9.10. The zero-order chi connectivity index (χ0) is 16.7. The van der Waals surface area contributed by atoms with Crippen molar-refractivity contribution in [2.24, 2.45) is 4.99 Å². The highest BCUT2D eigenvalue weighted by Crippen LogP contribution is 2.16. The molecule has 0 aliphatic carbocycles. The molecule has 0 atom stereocenters. The molecule has 22 heavy (non-hydrogen) atoms. The molecule has 0 unspecified atom stereocenters. The van der Waals surface area contributed by atoms with Gasteiger partial charge in [-0.05, 0) is 41.5 Å². The quantitative estimate of drug-likeness (QED) is 0.597. The highest BCUT2D eigenvalue weighted by molar-refractivity contribution is 7.11. The molecular formula is C16H31N5S. The monoisotopic (exact) mass is 325 g/mol. The lowest BCUT2D eigenvalue weighted by molar-refractivity contribution is 0.178. The topological polar surface area (TPSA) is 52.6 Å². The summed E-state index contributed by atoms with van der Waals surface area (Å²) in [4.78, 5) is 12.5. The summed E-state index contributed by atoms with van der Waals surface area (Å²) >= 11 is 1.74. The maximum Gasteiger partial charge on any atom is 0.191 e. The zero-order valence-corrected chi connectivity index (χ0v) is 15.8. The molecule has 0 aliphatic rings. The van der Waals surface area contributed by atoms with Crippen LogP contribution in [0.15, 0.2) is 4.99 Å². The van der Waals surface area contributed by atoms with Gasteiger partial charge in [0.2, 0.25) is 0 Å². The van der Waals surface area contributed by atoms with Crippen LogP contribution in [0.1, 0.15) is 43.3 Å². The van der Waals surface area contributed by atoms with E-state index in [0.29, 0.717) is 12.1 Å². The SMILES string of the molecule is CN=C(NCCN(C(C)C)C(C)C)NCc1sc(C)nc1C. The number of aliphatic imine (C=N–C) groups is 1. The van der Waals surface area contributed by atoms with Crippen LogP contribution in [0.5, 0.6) is 0 Å². The van der Waals surface area contributed by atoms with Gasteiger partial charge < -0.3 is 10.6 Å². The normalized spacial score (nSPS) is 12.5. The van der Waals surface area contributed by atoms with E-state index in [0.717, 1.165) is 36.3 Å². The number of nitrogens with zero attached hydrogens (tertiary/aromatic N) is 3. The smallest absolute Gasteiger partial charge is 0.191 e. The van der Waals surface area contributed by atoms with Gasteiger partial charge in [-0.3, -0.25) is 9.89 Å². The first-order chi connectivity index (χ1) is 10.3. The summed E-state index contributed by atoms with van der Waals surface area (Å²) in [5, 5.41) is 7.86. The van der Waals surface area contributed by atoms with Crippen LogP contribution in [0.3, 0.4) is 0 Å². The van der Waals surface area contributed by atoms with Crippen molar-refractivity contribution in [1.29, 1.82) is 0 Å². The molecule has 0 bridgehead atoms. The predicted molar refractivity (Wildman–Crippen MR) is 96.8 cm³/mol. The second-order valence-corrected chi connectivity index (χ2v) is 7.31. The molecule has 1 aromatic rings. The number of aryl methyl sites for hydroxylation is 2. The van der Waals surface area contributed by atoms with E-state index in [1.165, 1.54) is 4.88 Å². The molecule has 1 heterocycles. The third kappa shape index (κ3) is 5.93. The van der Waals surface area contributed by atoms with Crippen LogP contribution in [0.25, 0.3) is 0 Å². The van der Waals surface area contributed by atoms with Crippen LogP contribution in [0.2, 0.25) is 0 Å². The summed E-state index contributed by atoms with van der Waals surface area (Å²) in [5.41, 5.74) is 1.11. The van der Waals surface area contributed by atoms with E-state index in [9.17, 15) is 0 Å². The molecule has 0 saturated carbocycles. The lowest BCUT2D eigenvalue weighted by atomic mass is 10.2. The van der Waals surface area contributed by atoms with Gasteiger partial charge in [0.05, 0.1) is 17.2 Å². The van der Waals surface area contributed by atoms with E-state index in [1.54, 1.807) is 11.3 Å². The standard InChI is InChI=1S/C16H31N5S/c1-11(2)21(12(3)4)9-8-18-16(17-7)19-10-15-13(5)20-14(6)22-15/h11-12H,8-10H2,1-7H3,(H2,17,18,19). The first kappa shape index (κ1) is 18.9. The van der Waals surface area contributed by atoms with Gasteiger partial charge in [-0.25, -0.2) is 4.98 Å². The number of aromatic nitrogens is 1. The minimum atomic E-state index is 0.555. The summed E-state index contributed by atoms with van der Waals surface area (Å²) in [6.45, 7) is 15.7. The molecule has 6 heteroatoms. The third-order valence-corrected chi connectivity index (χ3v) is 4.70. The third-order valence-electron chi connectivity index (χ3n) is 3.63. The molecule has 0 aromatic carbocycles. The molecule has 1 rings (SSSR count). The Hall–Kier alpha value is -1.14. The Kier molecular flexibility index (Phi) is 7.82. The van der Waals surface area contributed by atoms with Crippen molar-refractivity contribution in [2.75, 3.05) is 20.1 Å². The lowest BCUT2D eigenvalue weighted by Crippen LogP contribution is -2.45. The molecule has 0 fully saturated rings. The van der Waals surface area contributed by atoms with Crippen molar-refractivity contribution in [1.82, 2.24) is 20.5 Å². The molecule has 0 aliphatic heterocycles. The molecule has 126 valence electrons. The summed E-state index contributed by atoms with van der Waals surface area (Å²) in [6.07, 6.45) is 0. The van der Waals surface area contributed by atoms with Crippen LogP contribution < -0.4 is 10.6 Å². The maximum atomic E-state index is 4.45. The van der Waals surface area contributed by atoms with Crippen molar-refractivity contribution >= 4 is 17.3 Å². The van der Waals surface area contributed by atoms with Gasteiger partial charge in [0.25, 0.3) is 0 Å². The number of guanidine groups is 1. The van der Waals surface area contributed by atoms with Gasteiger partial charge in [-0.2, -0.15) is 0 Å². The van der Waals surface area contributed by atoms with E-state index >= 15 is 0 Å². The molecule has 5 nitrogen and oxygen atoms in total. The first-order valence-electron chi connectivity index (χ1n) is 7.98. The molecule has 0 spiro atoms. The molecule has 0 saturated heterocycles. The van der Waals surface area contributed by atoms with Crippen LogP contribution in [-0.4, -0.2) is 48.1 Å². The highest BCUT2D eigenvalue weighted by atomic mass is 32.1. The fourth-order valence-electron chi connectivity index (χ4n) is 2.54. The molecule has 2 N–H and O–H groups in total. The van der Waals surface area contributed by atoms with Crippen molar-refractivity contribution < 1.29 is 0 Å². The van der Waals surface area contributed by atoms with Crippen LogP contribution in [-0.2, 0) is 6.54 Å². The van der Waals surface area contributed by atoms with E-state index in [2.05, 4.69) is 60.1 Å². The largest absolute Gasteiger partial charge is 0.355 e. The minimum absolute atomic E-state index is 0.555. The van der Waals surface area contributed by atoms with Gasteiger partial charge in [0.15, 0.2) is 5.96 Å². The van der Waals surface area contributed by atoms with Gasteiger partial charge >= 0.3 is 0 Å². The Bertz CT molecular complexity index is 471. The highest BCUT2D eigenvalue weighted by Gasteiger charge is 2.12. The number of hydrogen-bond acceptors (Lipinski definition) is 4. The fraction of sp³-hybridized carbons (Fsp3) is 0.750. The number of thiazole rings is 1. The van der Waals surface area contributed by atoms with E-state index < -0.39 is 0 Å². The second-order valence-electron chi connectivity index (χ2n) is 6.02. The lowest BCUT2D eigenvalue weighted by Gasteiger charge is -2.30. The van der Waals surface area contributed by atoms with E-state index in [4.69, 9.17) is 0 Å². The molecular weight excluding hydrogens is 294 g/mol. The van der Waals surface area contributed by atoms with Crippen LogP contribution >= 0.6 is 11.3 Å². The van der Waals surface area contributed by atoms with E-state index in [1.807, 2.05) is 14.0 Å². The van der Waals surface area contributed by atoms with Crippen molar-refractivity contribution in [3.05, 3.63) is 15.6 Å². The first-order valence-corrected chi connectivity index (χ1v) is 8.80. The Morgan fingerprint density at radius 3 is 2.27 bits per heavy atom.